The largest absolute Gasteiger partial charge is 0.444 e. The van der Waals surface area contributed by atoms with E-state index in [-0.39, 0.29) is 12.2 Å². The first-order valence-electron chi connectivity index (χ1n) is 11.3. The zero-order valence-corrected chi connectivity index (χ0v) is 20.3. The fraction of sp³-hybridized carbons (Fsp3) is 0.696. The molecule has 2 saturated heterocycles. The topological polar surface area (TPSA) is 78.5 Å². The molecule has 1 aromatic rings. The van der Waals surface area contributed by atoms with Crippen LogP contribution in [0, 0.1) is 0 Å². The molecule has 2 aliphatic rings. The molecule has 1 aromatic heterocycles. The van der Waals surface area contributed by atoms with Crippen LogP contribution in [-0.2, 0) is 9.47 Å². The van der Waals surface area contributed by atoms with Crippen LogP contribution in [0.5, 0.6) is 0 Å². The lowest BCUT2D eigenvalue weighted by atomic mass is 10.2. The zero-order valence-electron chi connectivity index (χ0n) is 20.3. The Morgan fingerprint density at radius 2 is 1.03 bits per heavy atom. The van der Waals surface area contributed by atoms with Gasteiger partial charge in [0, 0.05) is 52.4 Å². The highest BCUT2D eigenvalue weighted by Gasteiger charge is 2.28. The smallest absolute Gasteiger partial charge is 0.410 e. The van der Waals surface area contributed by atoms with Gasteiger partial charge in [-0.25, -0.2) is 14.6 Å². The molecule has 3 rings (SSSR count). The van der Waals surface area contributed by atoms with Gasteiger partial charge < -0.3 is 29.1 Å². The van der Waals surface area contributed by atoms with E-state index >= 15 is 0 Å². The van der Waals surface area contributed by atoms with E-state index in [1.54, 1.807) is 9.80 Å². The molecule has 3 heterocycles. The summed E-state index contributed by atoms with van der Waals surface area (Å²) < 4.78 is 11.0. The van der Waals surface area contributed by atoms with E-state index in [0.29, 0.717) is 52.4 Å². The molecule has 0 N–H and O–H groups in total. The Morgan fingerprint density at radius 3 is 1.34 bits per heavy atom. The second kappa shape index (κ2) is 9.42. The maximum absolute atomic E-state index is 12.3. The highest BCUT2D eigenvalue weighted by Crippen LogP contribution is 2.21. The Balaban J connectivity index is 1.53. The summed E-state index contributed by atoms with van der Waals surface area (Å²) in [4.78, 5) is 37.3. The van der Waals surface area contributed by atoms with E-state index in [1.165, 1.54) is 0 Å². The maximum Gasteiger partial charge on any atom is 0.410 e. The number of hydrogen-bond acceptors (Lipinski definition) is 7. The van der Waals surface area contributed by atoms with Crippen LogP contribution in [-0.4, -0.2) is 90.5 Å². The first-order valence-corrected chi connectivity index (χ1v) is 11.3. The molecule has 0 saturated carbocycles. The van der Waals surface area contributed by atoms with Crippen LogP contribution in [0.2, 0.25) is 0 Å². The number of amides is 2. The molecule has 9 heteroatoms. The van der Waals surface area contributed by atoms with Crippen molar-refractivity contribution >= 4 is 23.8 Å². The molecule has 9 nitrogen and oxygen atoms in total. The fourth-order valence-corrected chi connectivity index (χ4v) is 3.65. The molecule has 0 aliphatic carbocycles. The first-order chi connectivity index (χ1) is 14.9. The summed E-state index contributed by atoms with van der Waals surface area (Å²) in [6, 6.07) is 6.02. The van der Waals surface area contributed by atoms with Crippen molar-refractivity contribution in [1.29, 1.82) is 0 Å². The van der Waals surface area contributed by atoms with E-state index in [1.807, 2.05) is 59.7 Å². The second-order valence-electron chi connectivity index (χ2n) is 10.3. The molecule has 0 unspecified atom stereocenters. The molecule has 0 aromatic carbocycles. The number of nitrogens with zero attached hydrogens (tertiary/aromatic N) is 5. The van der Waals surface area contributed by atoms with Crippen LogP contribution in [0.4, 0.5) is 21.2 Å². The summed E-state index contributed by atoms with van der Waals surface area (Å²) in [5.74, 6) is 1.81. The van der Waals surface area contributed by atoms with Gasteiger partial charge in [-0.15, -0.1) is 0 Å². The number of aromatic nitrogens is 1. The predicted octanol–water partition coefficient (Wildman–Crippen LogP) is 3.20. The van der Waals surface area contributed by atoms with Crippen LogP contribution < -0.4 is 9.80 Å². The Kier molecular flexibility index (Phi) is 7.05. The first kappa shape index (κ1) is 23.9. The average Bonchev–Trinajstić information content (AvgIpc) is 2.72. The molecule has 178 valence electrons. The Morgan fingerprint density at radius 1 is 0.688 bits per heavy atom. The van der Waals surface area contributed by atoms with Crippen molar-refractivity contribution in [2.24, 2.45) is 0 Å². The van der Waals surface area contributed by atoms with Crippen LogP contribution in [0.3, 0.4) is 0 Å². The molecule has 2 fully saturated rings. The standard InChI is InChI=1S/C23H37N5O4/c1-22(2,3)31-20(29)27-14-10-25(11-15-27)18-8-7-9-19(24-18)26-12-16-28(17-13-26)21(30)32-23(4,5)6/h7-9H,10-17H2,1-6H3. The van der Waals surface area contributed by atoms with Crippen LogP contribution in [0.25, 0.3) is 0 Å². The second-order valence-corrected chi connectivity index (χ2v) is 10.3. The Bertz CT molecular complexity index is 738. The minimum absolute atomic E-state index is 0.262. The predicted molar refractivity (Wildman–Crippen MR) is 124 cm³/mol. The van der Waals surface area contributed by atoms with Crippen molar-refractivity contribution in [3.63, 3.8) is 0 Å². The molecule has 32 heavy (non-hydrogen) atoms. The van der Waals surface area contributed by atoms with E-state index in [0.717, 1.165) is 11.6 Å². The number of carbonyl (C=O) groups excluding carboxylic acids is 2. The van der Waals surface area contributed by atoms with Gasteiger partial charge in [0.2, 0.25) is 0 Å². The van der Waals surface area contributed by atoms with Crippen LogP contribution in [0.1, 0.15) is 41.5 Å². The van der Waals surface area contributed by atoms with E-state index in [4.69, 9.17) is 14.5 Å². The summed E-state index contributed by atoms with van der Waals surface area (Å²) in [5.41, 5.74) is -0.977. The summed E-state index contributed by atoms with van der Waals surface area (Å²) in [6.45, 7) is 16.5. The third-order valence-corrected chi connectivity index (χ3v) is 5.23. The minimum atomic E-state index is -0.488. The number of piperazine rings is 2. The monoisotopic (exact) mass is 447 g/mol. The van der Waals surface area contributed by atoms with E-state index < -0.39 is 11.2 Å². The van der Waals surface area contributed by atoms with Crippen molar-refractivity contribution < 1.29 is 19.1 Å². The SMILES string of the molecule is CC(C)(C)OC(=O)N1CCN(c2cccc(N3CCN(C(=O)OC(C)(C)C)CC3)n2)CC1. The summed E-state index contributed by atoms with van der Waals surface area (Å²) in [7, 11) is 0. The lowest BCUT2D eigenvalue weighted by Crippen LogP contribution is -2.51. The highest BCUT2D eigenvalue weighted by atomic mass is 16.6. The molecule has 0 atom stereocenters. The fourth-order valence-electron chi connectivity index (χ4n) is 3.65. The molecular formula is C23H37N5O4. The average molecular weight is 448 g/mol. The molecule has 0 spiro atoms. The van der Waals surface area contributed by atoms with E-state index in [9.17, 15) is 9.59 Å². The molecular weight excluding hydrogens is 410 g/mol. The summed E-state index contributed by atoms with van der Waals surface area (Å²) in [6.07, 6.45) is -0.525. The van der Waals surface area contributed by atoms with Gasteiger partial charge in [-0.2, -0.15) is 0 Å². The van der Waals surface area contributed by atoms with Crippen molar-refractivity contribution in [2.75, 3.05) is 62.2 Å². The van der Waals surface area contributed by atoms with Crippen molar-refractivity contribution in [3.8, 4) is 0 Å². The van der Waals surface area contributed by atoms with Gasteiger partial charge in [0.05, 0.1) is 0 Å². The normalized spacial score (nSPS) is 17.9. The van der Waals surface area contributed by atoms with Gasteiger partial charge in [0.15, 0.2) is 0 Å². The third-order valence-electron chi connectivity index (χ3n) is 5.23. The van der Waals surface area contributed by atoms with Gasteiger partial charge in [-0.3, -0.25) is 0 Å². The summed E-state index contributed by atoms with van der Waals surface area (Å²) >= 11 is 0. The third kappa shape index (κ3) is 6.64. The van der Waals surface area contributed by atoms with Crippen LogP contribution in [0.15, 0.2) is 18.2 Å². The van der Waals surface area contributed by atoms with Gasteiger partial charge in [0.1, 0.15) is 22.8 Å². The quantitative estimate of drug-likeness (QED) is 0.689. The molecule has 0 radical (unpaired) electrons. The zero-order chi connectivity index (χ0) is 23.5. The highest BCUT2D eigenvalue weighted by molar-refractivity contribution is 5.69. The van der Waals surface area contributed by atoms with Crippen LogP contribution >= 0.6 is 0 Å². The van der Waals surface area contributed by atoms with Crippen molar-refractivity contribution in [3.05, 3.63) is 18.2 Å². The van der Waals surface area contributed by atoms with Gasteiger partial charge >= 0.3 is 12.2 Å². The van der Waals surface area contributed by atoms with Crippen molar-refractivity contribution in [2.45, 2.75) is 52.7 Å². The Labute approximate surface area is 191 Å². The minimum Gasteiger partial charge on any atom is -0.444 e. The van der Waals surface area contributed by atoms with Crippen molar-refractivity contribution in [1.82, 2.24) is 14.8 Å². The molecule has 2 aliphatic heterocycles. The van der Waals surface area contributed by atoms with Gasteiger partial charge in [0.25, 0.3) is 0 Å². The lowest BCUT2D eigenvalue weighted by Gasteiger charge is -2.38. The number of pyridine rings is 1. The van der Waals surface area contributed by atoms with E-state index in [2.05, 4.69) is 9.80 Å². The molecule has 0 bridgehead atoms. The molecule has 2 amide bonds. The number of ether oxygens (including phenoxy) is 2. The maximum atomic E-state index is 12.3. The number of rotatable bonds is 2. The van der Waals surface area contributed by atoms with Gasteiger partial charge in [-0.05, 0) is 53.7 Å². The Hall–Kier alpha value is -2.71. The van der Waals surface area contributed by atoms with Gasteiger partial charge in [-0.1, -0.05) is 6.07 Å². The number of carbonyl (C=O) groups is 2. The lowest BCUT2D eigenvalue weighted by molar-refractivity contribution is 0.0230. The summed E-state index contributed by atoms with van der Waals surface area (Å²) in [5, 5.41) is 0. The number of hydrogen-bond donors (Lipinski definition) is 0. The number of anilines is 2.